The number of phenolic OH excluding ortho intramolecular Hbond substituents is 2. The van der Waals surface area contributed by atoms with E-state index in [1.54, 1.807) is 0 Å². The topological polar surface area (TPSA) is 94.8 Å². The molecule has 0 saturated carbocycles. The quantitative estimate of drug-likeness (QED) is 0.239. The van der Waals surface area contributed by atoms with Crippen LogP contribution in [-0.2, 0) is 14.9 Å². The highest BCUT2D eigenvalue weighted by Gasteiger charge is 2.51. The minimum Gasteiger partial charge on any atom is -0.504 e. The van der Waals surface area contributed by atoms with Gasteiger partial charge in [-0.15, -0.1) is 0 Å². The lowest BCUT2D eigenvalue weighted by Gasteiger charge is -2.34. The number of benzene rings is 3. The minimum atomic E-state index is -5.03. The van der Waals surface area contributed by atoms with E-state index < -0.39 is 26.4 Å². The van der Waals surface area contributed by atoms with Crippen LogP contribution in [-0.4, -0.2) is 23.2 Å². The predicted octanol–water partition coefficient (Wildman–Crippen LogP) is 5.89. The maximum absolute atomic E-state index is 13.0. The van der Waals surface area contributed by atoms with Crippen LogP contribution in [0, 0.1) is 0 Å². The molecule has 152 valence electrons. The number of rotatable bonds is 4. The van der Waals surface area contributed by atoms with Gasteiger partial charge in [0.25, 0.3) is 10.1 Å². The van der Waals surface area contributed by atoms with E-state index in [0.717, 1.165) is 12.1 Å². The minimum absolute atomic E-state index is 0.0422. The lowest BCUT2D eigenvalue weighted by molar-refractivity contribution is 0.402. The van der Waals surface area contributed by atoms with Crippen molar-refractivity contribution in [3.63, 3.8) is 0 Å². The second-order valence-electron chi connectivity index (χ2n) is 6.11. The molecule has 0 aliphatic heterocycles. The van der Waals surface area contributed by atoms with Crippen LogP contribution in [0.2, 0.25) is 20.1 Å². The molecule has 0 spiro atoms. The Morgan fingerprint density at radius 3 is 1.69 bits per heavy atom. The average Bonchev–Trinajstić information content (AvgIpc) is 2.60. The molecule has 10 heteroatoms. The Morgan fingerprint density at radius 1 is 0.690 bits per heavy atom. The summed E-state index contributed by atoms with van der Waals surface area (Å²) in [5, 5.41) is 19.9. The van der Waals surface area contributed by atoms with Crippen LogP contribution in [0.5, 0.6) is 11.5 Å². The molecule has 1 unspecified atom stereocenters. The summed E-state index contributed by atoms with van der Waals surface area (Å²) in [6.45, 7) is 0. The summed E-state index contributed by atoms with van der Waals surface area (Å²) in [6.07, 6.45) is 0. The van der Waals surface area contributed by atoms with Gasteiger partial charge in [0.15, 0.2) is 16.2 Å². The number of hydrogen-bond acceptors (Lipinski definition) is 4. The van der Waals surface area contributed by atoms with Gasteiger partial charge in [-0.25, -0.2) is 0 Å². The van der Waals surface area contributed by atoms with E-state index >= 15 is 0 Å². The Morgan fingerprint density at radius 2 is 1.21 bits per heavy atom. The first-order valence-corrected chi connectivity index (χ1v) is 10.8. The van der Waals surface area contributed by atoms with Crippen LogP contribution >= 0.6 is 46.4 Å². The largest absolute Gasteiger partial charge is 0.504 e. The van der Waals surface area contributed by atoms with Gasteiger partial charge in [-0.2, -0.15) is 8.42 Å². The van der Waals surface area contributed by atoms with Gasteiger partial charge in [-0.05, 0) is 47.5 Å². The standard InChI is InChI=1S/C19H12Cl4O5S/c20-12-4-1-10(2-5-12)19(29(26,27)28,11-3-6-16(24)17(25)7-11)18-14(22)8-13(21)9-15(18)23/h1-9,24-25H,(H,26,27,28). The maximum Gasteiger partial charge on any atom is 0.283 e. The normalized spacial score (nSPS) is 13.8. The first-order chi connectivity index (χ1) is 13.5. The van der Waals surface area contributed by atoms with Gasteiger partial charge in [0.1, 0.15) is 0 Å². The molecular weight excluding hydrogens is 482 g/mol. The fraction of sp³-hybridized carbons (Fsp3) is 0.0526. The molecule has 3 aromatic carbocycles. The van der Waals surface area contributed by atoms with Gasteiger partial charge in [-0.3, -0.25) is 4.55 Å². The number of halogens is 4. The first kappa shape index (κ1) is 22.0. The molecule has 0 bridgehead atoms. The maximum atomic E-state index is 13.0. The average molecular weight is 494 g/mol. The molecule has 0 radical (unpaired) electrons. The molecule has 29 heavy (non-hydrogen) atoms. The summed E-state index contributed by atoms with van der Waals surface area (Å²) in [4.78, 5) is 0. The van der Waals surface area contributed by atoms with Gasteiger partial charge < -0.3 is 10.2 Å². The highest BCUT2D eigenvalue weighted by molar-refractivity contribution is 7.87. The van der Waals surface area contributed by atoms with Crippen molar-refractivity contribution >= 4 is 56.5 Å². The fourth-order valence-electron chi connectivity index (χ4n) is 3.19. The van der Waals surface area contributed by atoms with Crippen LogP contribution in [0.1, 0.15) is 16.7 Å². The SMILES string of the molecule is O=S(=O)(O)C(c1ccc(Cl)cc1)(c1ccc(O)c(O)c1)c1c(Cl)cc(Cl)cc1Cl. The molecule has 3 aromatic rings. The summed E-state index contributed by atoms with van der Waals surface area (Å²) in [7, 11) is -5.03. The predicted molar refractivity (Wildman–Crippen MR) is 114 cm³/mol. The fourth-order valence-corrected chi connectivity index (χ4v) is 5.86. The summed E-state index contributed by atoms with van der Waals surface area (Å²) >= 11 is 24.6. The van der Waals surface area contributed by atoms with Gasteiger partial charge in [0, 0.05) is 25.7 Å². The Hall–Kier alpha value is -1.67. The molecule has 0 heterocycles. The lowest BCUT2D eigenvalue weighted by Crippen LogP contribution is -2.38. The first-order valence-electron chi connectivity index (χ1n) is 7.89. The summed E-state index contributed by atoms with van der Waals surface area (Å²) < 4.78 is 34.0. The molecule has 0 fully saturated rings. The third-order valence-corrected chi connectivity index (χ3v) is 6.89. The van der Waals surface area contributed by atoms with Crippen molar-refractivity contribution in [3.8, 4) is 11.5 Å². The summed E-state index contributed by atoms with van der Waals surface area (Å²) in [5.74, 6) is -1.09. The Bertz CT molecular complexity index is 1170. The van der Waals surface area contributed by atoms with Crippen molar-refractivity contribution in [1.29, 1.82) is 0 Å². The second-order valence-corrected chi connectivity index (χ2v) is 9.36. The molecule has 3 N–H and O–H groups in total. The molecule has 0 aromatic heterocycles. The zero-order chi connectivity index (χ0) is 21.6. The van der Waals surface area contributed by atoms with E-state index in [0.29, 0.717) is 5.02 Å². The molecule has 1 atom stereocenters. The third kappa shape index (κ3) is 3.77. The van der Waals surface area contributed by atoms with Crippen LogP contribution in [0.4, 0.5) is 0 Å². The van der Waals surface area contributed by atoms with E-state index in [1.165, 1.54) is 42.5 Å². The summed E-state index contributed by atoms with van der Waals surface area (Å²) in [6, 6.07) is 11.5. The van der Waals surface area contributed by atoms with Crippen LogP contribution in [0.15, 0.2) is 54.6 Å². The van der Waals surface area contributed by atoms with Crippen LogP contribution in [0.3, 0.4) is 0 Å². The number of hydrogen-bond donors (Lipinski definition) is 3. The van der Waals surface area contributed by atoms with Crippen molar-refractivity contribution in [2.24, 2.45) is 0 Å². The number of aromatic hydroxyl groups is 2. The highest BCUT2D eigenvalue weighted by atomic mass is 35.5. The van der Waals surface area contributed by atoms with Gasteiger partial charge in [0.2, 0.25) is 0 Å². The zero-order valence-electron chi connectivity index (χ0n) is 14.3. The molecule has 0 amide bonds. The van der Waals surface area contributed by atoms with Crippen molar-refractivity contribution in [1.82, 2.24) is 0 Å². The summed E-state index contributed by atoms with van der Waals surface area (Å²) in [5.41, 5.74) is -0.260. The monoisotopic (exact) mass is 492 g/mol. The van der Waals surface area contributed by atoms with Gasteiger partial charge >= 0.3 is 0 Å². The molecular formula is C19H12Cl4O5S. The van der Waals surface area contributed by atoms with Gasteiger partial charge in [0.05, 0.1) is 0 Å². The molecule has 5 nitrogen and oxygen atoms in total. The van der Waals surface area contributed by atoms with Gasteiger partial charge in [-0.1, -0.05) is 64.6 Å². The van der Waals surface area contributed by atoms with E-state index in [-0.39, 0.29) is 31.8 Å². The molecule has 0 saturated heterocycles. The zero-order valence-corrected chi connectivity index (χ0v) is 18.1. The third-order valence-electron chi connectivity index (χ3n) is 4.38. The second kappa shape index (κ2) is 7.87. The van der Waals surface area contributed by atoms with Crippen LogP contribution < -0.4 is 0 Å². The highest BCUT2D eigenvalue weighted by Crippen LogP contribution is 2.50. The molecule has 0 aliphatic carbocycles. The van der Waals surface area contributed by atoms with E-state index in [4.69, 9.17) is 46.4 Å². The van der Waals surface area contributed by atoms with E-state index in [9.17, 15) is 23.2 Å². The van der Waals surface area contributed by atoms with Crippen molar-refractivity contribution in [3.05, 3.63) is 91.4 Å². The Labute approximate surface area is 186 Å². The van der Waals surface area contributed by atoms with E-state index in [2.05, 4.69) is 0 Å². The lowest BCUT2D eigenvalue weighted by atomic mass is 9.83. The van der Waals surface area contributed by atoms with E-state index in [1.807, 2.05) is 0 Å². The molecule has 0 aliphatic rings. The molecule has 3 rings (SSSR count). The Kier molecular flexibility index (Phi) is 5.98. The Balaban J connectivity index is 2.58. The smallest absolute Gasteiger partial charge is 0.283 e. The van der Waals surface area contributed by atoms with Crippen molar-refractivity contribution in [2.45, 2.75) is 4.75 Å². The van der Waals surface area contributed by atoms with Crippen molar-refractivity contribution in [2.75, 3.05) is 0 Å². The number of phenols is 2. The van der Waals surface area contributed by atoms with Crippen molar-refractivity contribution < 1.29 is 23.2 Å². The van der Waals surface area contributed by atoms with Crippen LogP contribution in [0.25, 0.3) is 0 Å².